The third-order valence-corrected chi connectivity index (χ3v) is 7.01. The van der Waals surface area contributed by atoms with E-state index in [1.807, 2.05) is 0 Å². The molecule has 4 N–H and O–H groups in total. The lowest BCUT2D eigenvalue weighted by Gasteiger charge is -2.32. The Labute approximate surface area is 214 Å². The average molecular weight is 510 g/mol. The molecule has 11 heteroatoms. The van der Waals surface area contributed by atoms with Crippen LogP contribution in [-0.4, -0.2) is 72.9 Å². The first-order valence-electron chi connectivity index (χ1n) is 12.4. The number of hydrogen-bond donors (Lipinski definition) is 3. The largest absolute Gasteiger partial charge is 0.497 e. The number of methoxy groups -OCH3 is 1. The minimum atomic E-state index is -1.10. The molecule has 0 bridgehead atoms. The van der Waals surface area contributed by atoms with E-state index in [9.17, 15) is 14.4 Å². The van der Waals surface area contributed by atoms with Crippen LogP contribution < -0.4 is 30.6 Å². The molecule has 3 aliphatic rings. The van der Waals surface area contributed by atoms with Crippen molar-refractivity contribution in [3.05, 3.63) is 48.0 Å². The minimum absolute atomic E-state index is 0.0538. The van der Waals surface area contributed by atoms with Gasteiger partial charge in [0.15, 0.2) is 17.7 Å². The highest BCUT2D eigenvalue weighted by molar-refractivity contribution is 6.01. The van der Waals surface area contributed by atoms with E-state index in [4.69, 9.17) is 19.9 Å². The Morgan fingerprint density at radius 1 is 0.946 bits per heavy atom. The van der Waals surface area contributed by atoms with Crippen LogP contribution in [0.2, 0.25) is 0 Å². The number of amides is 4. The van der Waals surface area contributed by atoms with Gasteiger partial charge < -0.3 is 35.5 Å². The van der Waals surface area contributed by atoms with Gasteiger partial charge in [-0.05, 0) is 68.1 Å². The zero-order chi connectivity index (χ0) is 25.9. The summed E-state index contributed by atoms with van der Waals surface area (Å²) in [5, 5.41) is 5.87. The average Bonchev–Trinajstić information content (AvgIpc) is 3.57. The lowest BCUT2D eigenvalue weighted by molar-refractivity contribution is -0.128. The molecule has 2 aromatic rings. The van der Waals surface area contributed by atoms with Crippen molar-refractivity contribution in [3.63, 3.8) is 0 Å². The van der Waals surface area contributed by atoms with Gasteiger partial charge in [-0.2, -0.15) is 0 Å². The highest BCUT2D eigenvalue weighted by atomic mass is 16.7. The Hall–Kier alpha value is -3.99. The number of hydrogen-bond acceptors (Lipinski definition) is 7. The van der Waals surface area contributed by atoms with Crippen LogP contribution in [-0.2, 0) is 4.79 Å². The predicted octanol–water partition coefficient (Wildman–Crippen LogP) is 2.13. The van der Waals surface area contributed by atoms with Crippen molar-refractivity contribution in [2.75, 3.05) is 32.3 Å². The summed E-state index contributed by atoms with van der Waals surface area (Å²) in [5.41, 5.74) is 6.91. The first kappa shape index (κ1) is 24.7. The number of benzene rings is 2. The molecule has 1 saturated heterocycles. The van der Waals surface area contributed by atoms with E-state index in [0.717, 1.165) is 25.7 Å². The lowest BCUT2D eigenvalue weighted by atomic mass is 9.92. The Bertz CT molecular complexity index is 1160. The summed E-state index contributed by atoms with van der Waals surface area (Å²) < 4.78 is 15.9. The van der Waals surface area contributed by atoms with Gasteiger partial charge in [-0.1, -0.05) is 0 Å². The maximum Gasteiger partial charge on any atom is 0.323 e. The standard InChI is InChI=1S/C26H31N5O6/c1-35-20-9-7-19(8-10-20)29-26(34)31-13-12-30(24(31)23(32)28-18-5-3-17(27)4-6-18)25(33)16-2-11-21-22(14-16)37-15-36-21/h2,7-11,14,17-18,24H,3-6,12-13,15,27H2,1H3,(H,28,32)(H,29,34). The summed E-state index contributed by atoms with van der Waals surface area (Å²) in [7, 11) is 1.56. The summed E-state index contributed by atoms with van der Waals surface area (Å²) >= 11 is 0. The third kappa shape index (κ3) is 5.26. The highest BCUT2D eigenvalue weighted by Gasteiger charge is 2.44. The Kier molecular flexibility index (Phi) is 7.04. The van der Waals surface area contributed by atoms with Crippen LogP contribution in [0.15, 0.2) is 42.5 Å². The van der Waals surface area contributed by atoms with Gasteiger partial charge >= 0.3 is 6.03 Å². The molecule has 196 valence electrons. The van der Waals surface area contributed by atoms with Gasteiger partial charge in [-0.15, -0.1) is 0 Å². The minimum Gasteiger partial charge on any atom is -0.497 e. The van der Waals surface area contributed by atoms with Crippen LogP contribution >= 0.6 is 0 Å². The molecule has 37 heavy (non-hydrogen) atoms. The molecule has 2 fully saturated rings. The molecule has 11 nitrogen and oxygen atoms in total. The van der Waals surface area contributed by atoms with E-state index in [1.54, 1.807) is 49.6 Å². The predicted molar refractivity (Wildman–Crippen MR) is 134 cm³/mol. The molecule has 1 unspecified atom stereocenters. The Morgan fingerprint density at radius 3 is 2.38 bits per heavy atom. The maximum atomic E-state index is 13.6. The Balaban J connectivity index is 1.36. The van der Waals surface area contributed by atoms with Crippen LogP contribution in [0.25, 0.3) is 0 Å². The van der Waals surface area contributed by atoms with Crippen LogP contribution in [0.4, 0.5) is 10.5 Å². The van der Waals surface area contributed by atoms with E-state index in [0.29, 0.717) is 28.5 Å². The number of nitrogens with one attached hydrogen (secondary N) is 2. The fraction of sp³-hybridized carbons (Fsp3) is 0.423. The van der Waals surface area contributed by atoms with Crippen LogP contribution in [0.3, 0.4) is 0 Å². The summed E-state index contributed by atoms with van der Waals surface area (Å²) in [6, 6.07) is 11.4. The molecule has 1 atom stereocenters. The number of fused-ring (bicyclic) bond motifs is 1. The van der Waals surface area contributed by atoms with Crippen molar-refractivity contribution in [2.45, 2.75) is 43.9 Å². The Morgan fingerprint density at radius 2 is 1.65 bits per heavy atom. The van der Waals surface area contributed by atoms with E-state index in [2.05, 4.69) is 10.6 Å². The number of nitrogens with two attached hydrogens (primary N) is 1. The van der Waals surface area contributed by atoms with Crippen molar-refractivity contribution >= 4 is 23.5 Å². The molecule has 0 radical (unpaired) electrons. The number of ether oxygens (including phenoxy) is 3. The normalized spacial score (nSPS) is 22.5. The molecule has 2 aliphatic heterocycles. The van der Waals surface area contributed by atoms with E-state index < -0.39 is 18.1 Å². The van der Waals surface area contributed by atoms with Crippen LogP contribution in [0, 0.1) is 0 Å². The van der Waals surface area contributed by atoms with Gasteiger partial charge in [0, 0.05) is 36.4 Å². The molecule has 1 saturated carbocycles. The van der Waals surface area contributed by atoms with Gasteiger partial charge in [-0.3, -0.25) is 14.5 Å². The molecule has 1 aliphatic carbocycles. The van der Waals surface area contributed by atoms with Crippen molar-refractivity contribution in [2.24, 2.45) is 5.73 Å². The monoisotopic (exact) mass is 509 g/mol. The molecule has 5 rings (SSSR count). The smallest absolute Gasteiger partial charge is 0.323 e. The lowest BCUT2D eigenvalue weighted by Crippen LogP contribution is -2.56. The SMILES string of the molecule is COc1ccc(NC(=O)N2CCN(C(=O)c3ccc4c(c3)OCO4)C2C(=O)NC2CCC(N)CC2)cc1. The van der Waals surface area contributed by atoms with Crippen LogP contribution in [0.5, 0.6) is 17.2 Å². The molecular weight excluding hydrogens is 478 g/mol. The van der Waals surface area contributed by atoms with Gasteiger partial charge in [-0.25, -0.2) is 4.79 Å². The van der Waals surface area contributed by atoms with E-state index in [-0.39, 0.29) is 37.9 Å². The summed E-state index contributed by atoms with van der Waals surface area (Å²) in [6.07, 6.45) is 2.04. The van der Waals surface area contributed by atoms with Gasteiger partial charge in [0.25, 0.3) is 11.8 Å². The number of carbonyl (C=O) groups is 3. The number of urea groups is 1. The second kappa shape index (κ2) is 10.6. The zero-order valence-electron chi connectivity index (χ0n) is 20.6. The van der Waals surface area contributed by atoms with Crippen molar-refractivity contribution < 1.29 is 28.6 Å². The highest BCUT2D eigenvalue weighted by Crippen LogP contribution is 2.33. The third-order valence-electron chi connectivity index (χ3n) is 7.01. The van der Waals surface area contributed by atoms with Gasteiger partial charge in [0.2, 0.25) is 6.79 Å². The number of carbonyl (C=O) groups excluding carboxylic acids is 3. The molecule has 0 aromatic heterocycles. The van der Waals surface area contributed by atoms with Gasteiger partial charge in [0.05, 0.1) is 7.11 Å². The number of anilines is 1. The zero-order valence-corrected chi connectivity index (χ0v) is 20.6. The second-order valence-corrected chi connectivity index (χ2v) is 9.41. The molecule has 2 aromatic carbocycles. The van der Waals surface area contributed by atoms with Crippen molar-refractivity contribution in [1.29, 1.82) is 0 Å². The number of rotatable bonds is 5. The second-order valence-electron chi connectivity index (χ2n) is 9.41. The first-order valence-corrected chi connectivity index (χ1v) is 12.4. The van der Waals surface area contributed by atoms with Gasteiger partial charge in [0.1, 0.15) is 5.75 Å². The maximum absolute atomic E-state index is 13.6. The quantitative estimate of drug-likeness (QED) is 0.562. The van der Waals surface area contributed by atoms with Crippen molar-refractivity contribution in [1.82, 2.24) is 15.1 Å². The molecule has 0 spiro atoms. The topological polar surface area (TPSA) is 135 Å². The molecule has 2 heterocycles. The van der Waals surface area contributed by atoms with E-state index >= 15 is 0 Å². The number of nitrogens with zero attached hydrogens (tertiary/aromatic N) is 2. The summed E-state index contributed by atoms with van der Waals surface area (Å²) in [4.78, 5) is 43.2. The van der Waals surface area contributed by atoms with Crippen LogP contribution in [0.1, 0.15) is 36.0 Å². The first-order chi connectivity index (χ1) is 17.9. The fourth-order valence-electron chi connectivity index (χ4n) is 4.94. The summed E-state index contributed by atoms with van der Waals surface area (Å²) in [6.45, 7) is 0.495. The van der Waals surface area contributed by atoms with Crippen molar-refractivity contribution in [3.8, 4) is 17.2 Å². The fourth-order valence-corrected chi connectivity index (χ4v) is 4.94. The molecular formula is C26H31N5O6. The van der Waals surface area contributed by atoms with E-state index in [1.165, 1.54) is 9.80 Å². The summed E-state index contributed by atoms with van der Waals surface area (Å²) in [5.74, 6) is 0.923. The molecule has 4 amide bonds.